The van der Waals surface area contributed by atoms with Gasteiger partial charge in [-0.25, -0.2) is 4.68 Å². The van der Waals surface area contributed by atoms with Crippen molar-refractivity contribution in [2.45, 2.75) is 44.6 Å². The van der Waals surface area contributed by atoms with Crippen molar-refractivity contribution in [3.63, 3.8) is 0 Å². The number of carbonyl (C=O) groups excluding carboxylic acids is 2. The number of anilines is 1. The summed E-state index contributed by atoms with van der Waals surface area (Å²) in [4.78, 5) is 28.7. The Kier molecular flexibility index (Phi) is 4.06. The molecule has 1 spiro atoms. The van der Waals surface area contributed by atoms with Crippen LogP contribution in [0.2, 0.25) is 0 Å². The SMILES string of the molecule is COCC(=O)N1CCC2(CC1)CC(=O)N(CC1CC1)c1cc(C)nn12. The molecule has 1 aromatic rings. The topological polar surface area (TPSA) is 67.7 Å². The van der Waals surface area contributed by atoms with E-state index in [4.69, 9.17) is 9.84 Å². The van der Waals surface area contributed by atoms with Crippen molar-refractivity contribution in [3.8, 4) is 0 Å². The molecule has 7 heteroatoms. The molecule has 1 saturated heterocycles. The molecule has 0 unspecified atom stereocenters. The Morgan fingerprint density at radius 1 is 1.36 bits per heavy atom. The van der Waals surface area contributed by atoms with Gasteiger partial charge in [0, 0.05) is 32.8 Å². The second kappa shape index (κ2) is 6.12. The molecule has 3 heterocycles. The van der Waals surface area contributed by atoms with Crippen molar-refractivity contribution in [2.24, 2.45) is 5.92 Å². The molecule has 25 heavy (non-hydrogen) atoms. The maximum Gasteiger partial charge on any atom is 0.248 e. The Morgan fingerprint density at radius 3 is 2.72 bits per heavy atom. The van der Waals surface area contributed by atoms with Gasteiger partial charge in [-0.2, -0.15) is 5.10 Å². The van der Waals surface area contributed by atoms with Crippen molar-refractivity contribution < 1.29 is 14.3 Å². The van der Waals surface area contributed by atoms with Gasteiger partial charge in [-0.1, -0.05) is 0 Å². The zero-order valence-electron chi connectivity index (χ0n) is 15.0. The van der Waals surface area contributed by atoms with Gasteiger partial charge in [-0.05, 0) is 38.5 Å². The lowest BCUT2D eigenvalue weighted by atomic mass is 9.82. The summed E-state index contributed by atoms with van der Waals surface area (Å²) in [6.45, 7) is 4.22. The first-order chi connectivity index (χ1) is 12.0. The molecule has 7 nitrogen and oxygen atoms in total. The molecule has 2 amide bonds. The fourth-order valence-corrected chi connectivity index (χ4v) is 4.14. The van der Waals surface area contributed by atoms with Crippen molar-refractivity contribution in [1.82, 2.24) is 14.7 Å². The van der Waals surface area contributed by atoms with Gasteiger partial charge in [0.15, 0.2) is 0 Å². The number of rotatable bonds is 4. The van der Waals surface area contributed by atoms with Crippen LogP contribution in [0.5, 0.6) is 0 Å². The summed E-state index contributed by atoms with van der Waals surface area (Å²) in [6, 6.07) is 2.03. The summed E-state index contributed by atoms with van der Waals surface area (Å²) in [5.74, 6) is 1.81. The second-order valence-electron chi connectivity index (χ2n) is 7.72. The highest BCUT2D eigenvalue weighted by atomic mass is 16.5. The molecule has 0 atom stereocenters. The predicted molar refractivity (Wildman–Crippen MR) is 92.3 cm³/mol. The Labute approximate surface area is 147 Å². The van der Waals surface area contributed by atoms with E-state index < -0.39 is 0 Å². The number of aromatic nitrogens is 2. The van der Waals surface area contributed by atoms with E-state index in [2.05, 4.69) is 4.68 Å². The third kappa shape index (κ3) is 2.94. The second-order valence-corrected chi connectivity index (χ2v) is 7.72. The number of hydrogen-bond acceptors (Lipinski definition) is 4. The van der Waals surface area contributed by atoms with E-state index in [0.29, 0.717) is 25.4 Å². The zero-order valence-corrected chi connectivity index (χ0v) is 15.0. The highest BCUT2D eigenvalue weighted by Crippen LogP contribution is 2.43. The van der Waals surface area contributed by atoms with Crippen LogP contribution >= 0.6 is 0 Å². The highest BCUT2D eigenvalue weighted by Gasteiger charge is 2.47. The molecule has 2 aliphatic heterocycles. The summed E-state index contributed by atoms with van der Waals surface area (Å²) >= 11 is 0. The van der Waals surface area contributed by atoms with Gasteiger partial charge in [-0.15, -0.1) is 0 Å². The Bertz CT molecular complexity index is 686. The smallest absolute Gasteiger partial charge is 0.248 e. The van der Waals surface area contributed by atoms with Crippen LogP contribution in [0.15, 0.2) is 6.07 Å². The van der Waals surface area contributed by atoms with E-state index in [-0.39, 0.29) is 24.0 Å². The van der Waals surface area contributed by atoms with E-state index >= 15 is 0 Å². The Morgan fingerprint density at radius 2 is 2.08 bits per heavy atom. The van der Waals surface area contributed by atoms with Crippen LogP contribution in [-0.2, 0) is 19.9 Å². The van der Waals surface area contributed by atoms with Crippen molar-refractivity contribution >= 4 is 17.6 Å². The molecule has 0 bridgehead atoms. The molecule has 1 aromatic heterocycles. The minimum absolute atomic E-state index is 0.0201. The Balaban J connectivity index is 1.58. The van der Waals surface area contributed by atoms with E-state index in [1.54, 1.807) is 0 Å². The predicted octanol–water partition coefficient (Wildman–Crippen LogP) is 1.30. The van der Waals surface area contributed by atoms with Crippen LogP contribution in [-0.4, -0.2) is 59.8 Å². The molecule has 136 valence electrons. The molecule has 0 radical (unpaired) electrons. The van der Waals surface area contributed by atoms with Crippen LogP contribution in [0.25, 0.3) is 0 Å². The summed E-state index contributed by atoms with van der Waals surface area (Å²) in [7, 11) is 1.54. The number of amides is 2. The number of nitrogens with zero attached hydrogens (tertiary/aromatic N) is 4. The summed E-state index contributed by atoms with van der Waals surface area (Å²) in [6.07, 6.45) is 4.45. The van der Waals surface area contributed by atoms with E-state index in [9.17, 15) is 9.59 Å². The molecule has 2 fully saturated rings. The van der Waals surface area contributed by atoms with Gasteiger partial charge in [0.1, 0.15) is 12.4 Å². The largest absolute Gasteiger partial charge is 0.375 e. The maximum absolute atomic E-state index is 12.9. The first-order valence-electron chi connectivity index (χ1n) is 9.17. The number of likely N-dealkylation sites (tertiary alicyclic amines) is 1. The molecule has 3 aliphatic rings. The summed E-state index contributed by atoms with van der Waals surface area (Å²) in [5, 5.41) is 4.74. The molecule has 0 N–H and O–H groups in total. The van der Waals surface area contributed by atoms with Gasteiger partial charge >= 0.3 is 0 Å². The molecule has 4 rings (SSSR count). The van der Waals surface area contributed by atoms with Crippen LogP contribution in [0.3, 0.4) is 0 Å². The zero-order chi connectivity index (χ0) is 17.6. The van der Waals surface area contributed by atoms with E-state index in [1.165, 1.54) is 20.0 Å². The number of carbonyl (C=O) groups is 2. The molecular formula is C18H26N4O3. The number of piperidine rings is 1. The standard InChI is InChI=1S/C18H26N4O3/c1-13-9-15-21(11-14-3-4-14)16(23)10-18(22(15)19-13)5-7-20(8-6-18)17(24)12-25-2/h9,14H,3-8,10-12H2,1-2H3. The lowest BCUT2D eigenvalue weighted by Crippen LogP contribution is -2.55. The van der Waals surface area contributed by atoms with Gasteiger partial charge in [0.25, 0.3) is 0 Å². The Hall–Kier alpha value is -1.89. The quantitative estimate of drug-likeness (QED) is 0.824. The number of ether oxygens (including phenoxy) is 1. The first-order valence-corrected chi connectivity index (χ1v) is 9.17. The van der Waals surface area contributed by atoms with Crippen molar-refractivity contribution in [3.05, 3.63) is 11.8 Å². The minimum Gasteiger partial charge on any atom is -0.375 e. The average Bonchev–Trinajstić information content (AvgIpc) is 3.32. The van der Waals surface area contributed by atoms with E-state index in [0.717, 1.165) is 30.9 Å². The maximum atomic E-state index is 12.9. The average molecular weight is 346 g/mol. The molecule has 1 saturated carbocycles. The van der Waals surface area contributed by atoms with Gasteiger partial charge in [0.05, 0.1) is 17.7 Å². The number of fused-ring (bicyclic) bond motifs is 2. The van der Waals surface area contributed by atoms with Crippen LogP contribution in [0.1, 0.15) is 37.8 Å². The summed E-state index contributed by atoms with van der Waals surface area (Å²) in [5.41, 5.74) is 0.660. The lowest BCUT2D eigenvalue weighted by Gasteiger charge is -2.46. The van der Waals surface area contributed by atoms with Gasteiger partial charge < -0.3 is 9.64 Å². The number of hydrogen-bond donors (Lipinski definition) is 0. The van der Waals surface area contributed by atoms with Crippen molar-refractivity contribution in [2.75, 3.05) is 38.3 Å². The number of aryl methyl sites for hydroxylation is 1. The summed E-state index contributed by atoms with van der Waals surface area (Å²) < 4.78 is 7.05. The molecular weight excluding hydrogens is 320 g/mol. The third-order valence-electron chi connectivity index (χ3n) is 5.77. The molecule has 1 aliphatic carbocycles. The fraction of sp³-hybridized carbons (Fsp3) is 0.722. The van der Waals surface area contributed by atoms with Gasteiger partial charge in [0.2, 0.25) is 11.8 Å². The van der Waals surface area contributed by atoms with Gasteiger partial charge in [-0.3, -0.25) is 14.5 Å². The first kappa shape index (κ1) is 16.6. The van der Waals surface area contributed by atoms with Crippen LogP contribution in [0, 0.1) is 12.8 Å². The number of methoxy groups -OCH3 is 1. The highest BCUT2D eigenvalue weighted by molar-refractivity contribution is 5.95. The normalized spacial score (nSPS) is 22.4. The monoisotopic (exact) mass is 346 g/mol. The van der Waals surface area contributed by atoms with Crippen LogP contribution < -0.4 is 4.90 Å². The lowest BCUT2D eigenvalue weighted by molar-refractivity contribution is -0.138. The third-order valence-corrected chi connectivity index (χ3v) is 5.77. The molecule has 0 aromatic carbocycles. The fourth-order valence-electron chi connectivity index (χ4n) is 4.14. The van der Waals surface area contributed by atoms with E-state index in [1.807, 2.05) is 22.8 Å². The minimum atomic E-state index is -0.287. The van der Waals surface area contributed by atoms with Crippen molar-refractivity contribution in [1.29, 1.82) is 0 Å². The van der Waals surface area contributed by atoms with Crippen LogP contribution in [0.4, 0.5) is 5.82 Å².